The molecule has 2 fully saturated rings. The molecule has 0 radical (unpaired) electrons. The molecule has 0 aromatic heterocycles. The molecule has 3 rings (SSSR count). The van der Waals surface area contributed by atoms with E-state index in [4.69, 9.17) is 11.6 Å². The van der Waals surface area contributed by atoms with Crippen LogP contribution < -0.4 is 5.32 Å². The molecule has 1 aromatic carbocycles. The Labute approximate surface area is 132 Å². The normalized spacial score (nSPS) is 35.3. The van der Waals surface area contributed by atoms with Crippen LogP contribution in [0, 0.1) is 17.8 Å². The smallest absolute Gasteiger partial charge is 0.223 e. The highest BCUT2D eigenvalue weighted by molar-refractivity contribution is 6.31. The first-order valence-corrected chi connectivity index (χ1v) is 8.50. The molecule has 0 spiro atoms. The first-order chi connectivity index (χ1) is 10.1. The van der Waals surface area contributed by atoms with Crippen molar-refractivity contribution in [3.05, 3.63) is 34.9 Å². The SMILES string of the molecule is CC1CCCC(NC(=O)C2CC2c2ccccc2Cl)C1C. The molecule has 5 atom stereocenters. The van der Waals surface area contributed by atoms with E-state index in [1.807, 2.05) is 24.3 Å². The zero-order chi connectivity index (χ0) is 15.0. The third-order valence-corrected chi connectivity index (χ3v) is 5.81. The molecule has 1 N–H and O–H groups in total. The van der Waals surface area contributed by atoms with Crippen molar-refractivity contribution in [2.24, 2.45) is 17.8 Å². The Morgan fingerprint density at radius 2 is 2.00 bits per heavy atom. The van der Waals surface area contributed by atoms with E-state index >= 15 is 0 Å². The minimum Gasteiger partial charge on any atom is -0.353 e. The van der Waals surface area contributed by atoms with Crippen molar-refractivity contribution in [1.82, 2.24) is 5.32 Å². The van der Waals surface area contributed by atoms with Gasteiger partial charge in [0.25, 0.3) is 0 Å². The topological polar surface area (TPSA) is 29.1 Å². The second kappa shape index (κ2) is 6.00. The summed E-state index contributed by atoms with van der Waals surface area (Å²) in [5.41, 5.74) is 1.13. The number of halogens is 1. The maximum Gasteiger partial charge on any atom is 0.223 e. The van der Waals surface area contributed by atoms with Gasteiger partial charge in [-0.3, -0.25) is 4.79 Å². The van der Waals surface area contributed by atoms with E-state index in [2.05, 4.69) is 19.2 Å². The van der Waals surface area contributed by atoms with E-state index in [-0.39, 0.29) is 11.8 Å². The van der Waals surface area contributed by atoms with Crippen molar-refractivity contribution in [1.29, 1.82) is 0 Å². The summed E-state index contributed by atoms with van der Waals surface area (Å²) in [6.07, 6.45) is 4.58. The van der Waals surface area contributed by atoms with E-state index in [9.17, 15) is 4.79 Å². The van der Waals surface area contributed by atoms with Crippen molar-refractivity contribution in [3.63, 3.8) is 0 Å². The summed E-state index contributed by atoms with van der Waals surface area (Å²) in [6, 6.07) is 8.25. The number of carbonyl (C=O) groups is 1. The molecule has 2 aliphatic carbocycles. The number of carbonyl (C=O) groups excluding carboxylic acids is 1. The number of hydrogen-bond acceptors (Lipinski definition) is 1. The highest BCUT2D eigenvalue weighted by Crippen LogP contribution is 2.49. The number of benzene rings is 1. The van der Waals surface area contributed by atoms with E-state index in [0.29, 0.717) is 23.8 Å². The van der Waals surface area contributed by atoms with Crippen LogP contribution in [0.3, 0.4) is 0 Å². The second-order valence-corrected chi connectivity index (χ2v) is 7.26. The van der Waals surface area contributed by atoms with Gasteiger partial charge in [-0.2, -0.15) is 0 Å². The molecule has 3 heteroatoms. The number of rotatable bonds is 3. The Morgan fingerprint density at radius 3 is 2.76 bits per heavy atom. The van der Waals surface area contributed by atoms with Crippen molar-refractivity contribution in [2.45, 2.75) is 51.5 Å². The van der Waals surface area contributed by atoms with E-state index < -0.39 is 0 Å². The highest BCUT2D eigenvalue weighted by Gasteiger charge is 2.45. The maximum absolute atomic E-state index is 12.5. The van der Waals surface area contributed by atoms with Gasteiger partial charge in [0.05, 0.1) is 0 Å². The van der Waals surface area contributed by atoms with Crippen LogP contribution in [0.25, 0.3) is 0 Å². The fourth-order valence-corrected chi connectivity index (χ4v) is 3.96. The maximum atomic E-state index is 12.5. The first-order valence-electron chi connectivity index (χ1n) is 8.12. The summed E-state index contributed by atoms with van der Waals surface area (Å²) in [5.74, 6) is 1.96. The van der Waals surface area contributed by atoms with Crippen LogP contribution in [-0.4, -0.2) is 11.9 Å². The Morgan fingerprint density at radius 1 is 1.24 bits per heavy atom. The highest BCUT2D eigenvalue weighted by atomic mass is 35.5. The molecular weight excluding hydrogens is 282 g/mol. The van der Waals surface area contributed by atoms with Crippen LogP contribution in [0.5, 0.6) is 0 Å². The third-order valence-electron chi connectivity index (χ3n) is 5.47. The standard InChI is InChI=1S/C18H24ClNO/c1-11-6-5-9-17(12(11)2)20-18(21)15-10-14(15)13-7-3-4-8-16(13)19/h3-4,7-8,11-12,14-15,17H,5-6,9-10H2,1-2H3,(H,20,21). The Kier molecular flexibility index (Phi) is 4.26. The van der Waals surface area contributed by atoms with Gasteiger partial charge in [0.15, 0.2) is 0 Å². The van der Waals surface area contributed by atoms with Crippen LogP contribution in [0.1, 0.15) is 51.0 Å². The predicted octanol–water partition coefficient (Wildman–Crippen LogP) is 4.38. The minimum absolute atomic E-state index is 0.120. The average Bonchev–Trinajstić information content (AvgIpc) is 3.25. The van der Waals surface area contributed by atoms with Gasteiger partial charge >= 0.3 is 0 Å². The molecule has 0 aliphatic heterocycles. The second-order valence-electron chi connectivity index (χ2n) is 6.85. The Bertz CT molecular complexity index is 530. The van der Waals surface area contributed by atoms with Gasteiger partial charge in [-0.15, -0.1) is 0 Å². The third kappa shape index (κ3) is 3.11. The van der Waals surface area contributed by atoms with Crippen LogP contribution in [0.15, 0.2) is 24.3 Å². The molecule has 2 aliphatic rings. The Balaban J connectivity index is 1.59. The van der Waals surface area contributed by atoms with Crippen molar-refractivity contribution >= 4 is 17.5 Å². The lowest BCUT2D eigenvalue weighted by Crippen LogP contribution is -2.44. The summed E-state index contributed by atoms with van der Waals surface area (Å²) >= 11 is 6.23. The lowest BCUT2D eigenvalue weighted by Gasteiger charge is -2.34. The van der Waals surface area contributed by atoms with Crippen molar-refractivity contribution in [3.8, 4) is 0 Å². The molecule has 114 valence electrons. The lowest BCUT2D eigenvalue weighted by molar-refractivity contribution is -0.123. The van der Waals surface area contributed by atoms with Crippen molar-refractivity contribution in [2.75, 3.05) is 0 Å². The zero-order valence-corrected chi connectivity index (χ0v) is 13.6. The fourth-order valence-electron chi connectivity index (χ4n) is 3.68. The number of amides is 1. The molecule has 1 amide bonds. The van der Waals surface area contributed by atoms with Crippen molar-refractivity contribution < 1.29 is 4.79 Å². The summed E-state index contributed by atoms with van der Waals surface area (Å²) in [6.45, 7) is 4.57. The molecule has 2 nitrogen and oxygen atoms in total. The van der Waals surface area contributed by atoms with Crippen LogP contribution in [0.2, 0.25) is 5.02 Å². The monoisotopic (exact) mass is 305 g/mol. The molecule has 0 heterocycles. The van der Waals surface area contributed by atoms with Crippen LogP contribution in [-0.2, 0) is 4.79 Å². The van der Waals surface area contributed by atoms with Gasteiger partial charge in [-0.25, -0.2) is 0 Å². The average molecular weight is 306 g/mol. The molecule has 0 saturated heterocycles. The van der Waals surface area contributed by atoms with Gasteiger partial charge in [0.2, 0.25) is 5.91 Å². The quantitative estimate of drug-likeness (QED) is 0.882. The van der Waals surface area contributed by atoms with Gasteiger partial charge < -0.3 is 5.32 Å². The van der Waals surface area contributed by atoms with Crippen LogP contribution in [0.4, 0.5) is 0 Å². The molecule has 2 saturated carbocycles. The predicted molar refractivity (Wildman–Crippen MR) is 86.4 cm³/mol. The largest absolute Gasteiger partial charge is 0.353 e. The summed E-state index contributed by atoms with van der Waals surface area (Å²) in [7, 11) is 0. The minimum atomic E-state index is 0.120. The number of hydrogen-bond donors (Lipinski definition) is 1. The number of nitrogens with one attached hydrogen (secondary N) is 1. The van der Waals surface area contributed by atoms with Gasteiger partial charge in [0, 0.05) is 17.0 Å². The summed E-state index contributed by atoms with van der Waals surface area (Å²) in [4.78, 5) is 12.5. The first kappa shape index (κ1) is 14.9. The van der Waals surface area contributed by atoms with Crippen LogP contribution >= 0.6 is 11.6 Å². The lowest BCUT2D eigenvalue weighted by atomic mass is 9.78. The molecule has 5 unspecified atom stereocenters. The molecule has 1 aromatic rings. The summed E-state index contributed by atoms with van der Waals surface area (Å²) in [5, 5.41) is 4.09. The Hall–Kier alpha value is -1.02. The van der Waals surface area contributed by atoms with E-state index in [0.717, 1.165) is 23.4 Å². The zero-order valence-electron chi connectivity index (χ0n) is 12.8. The molecule has 21 heavy (non-hydrogen) atoms. The molecular formula is C18H24ClNO. The fraction of sp³-hybridized carbons (Fsp3) is 0.611. The van der Waals surface area contributed by atoms with Gasteiger partial charge in [0.1, 0.15) is 0 Å². The van der Waals surface area contributed by atoms with E-state index in [1.165, 1.54) is 12.8 Å². The van der Waals surface area contributed by atoms with Gasteiger partial charge in [-0.05, 0) is 42.2 Å². The van der Waals surface area contributed by atoms with E-state index in [1.54, 1.807) is 0 Å². The summed E-state index contributed by atoms with van der Waals surface area (Å²) < 4.78 is 0. The molecule has 0 bridgehead atoms. The van der Waals surface area contributed by atoms with Gasteiger partial charge in [-0.1, -0.05) is 56.5 Å².